The lowest BCUT2D eigenvalue weighted by Gasteiger charge is -2.31. The van der Waals surface area contributed by atoms with E-state index in [2.05, 4.69) is 20.5 Å². The van der Waals surface area contributed by atoms with E-state index in [9.17, 15) is 4.79 Å². The van der Waals surface area contributed by atoms with Gasteiger partial charge < -0.3 is 14.6 Å². The van der Waals surface area contributed by atoms with Crippen LogP contribution < -0.4 is 5.32 Å². The molecular formula is C19H21N5O2. The number of benzene rings is 1. The van der Waals surface area contributed by atoms with E-state index in [1.54, 1.807) is 6.26 Å². The molecule has 1 atom stereocenters. The molecule has 3 aromatic rings. The van der Waals surface area contributed by atoms with Crippen molar-refractivity contribution in [2.24, 2.45) is 0 Å². The van der Waals surface area contributed by atoms with Crippen LogP contribution >= 0.6 is 0 Å². The lowest BCUT2D eigenvalue weighted by Crippen LogP contribution is -2.41. The number of hydrogen-bond donors (Lipinski definition) is 2. The van der Waals surface area contributed by atoms with Crippen LogP contribution in [0.25, 0.3) is 11.3 Å². The number of furan rings is 1. The van der Waals surface area contributed by atoms with Crippen molar-refractivity contribution in [1.29, 1.82) is 0 Å². The van der Waals surface area contributed by atoms with Crippen LogP contribution in [-0.2, 0) is 0 Å². The van der Waals surface area contributed by atoms with E-state index >= 15 is 0 Å². The number of urea groups is 1. The molecule has 0 bridgehead atoms. The molecular weight excluding hydrogens is 330 g/mol. The van der Waals surface area contributed by atoms with E-state index in [-0.39, 0.29) is 11.9 Å². The average Bonchev–Trinajstić information content (AvgIpc) is 3.34. The Morgan fingerprint density at radius 3 is 3.04 bits per heavy atom. The monoisotopic (exact) mass is 351 g/mol. The van der Waals surface area contributed by atoms with Crippen molar-refractivity contribution in [2.45, 2.75) is 25.7 Å². The number of carbonyl (C=O) groups is 1. The van der Waals surface area contributed by atoms with E-state index in [4.69, 9.17) is 4.42 Å². The smallest absolute Gasteiger partial charge is 0.321 e. The minimum absolute atomic E-state index is 0.0986. The maximum Gasteiger partial charge on any atom is 0.321 e. The SMILES string of the molecule is Cc1nc(C2CCCN(C(=O)Nc3cccc(-c4ccco4)c3)C2)n[nH]1. The maximum absolute atomic E-state index is 12.7. The Bertz CT molecular complexity index is 887. The molecule has 2 amide bonds. The fourth-order valence-corrected chi connectivity index (χ4v) is 3.31. The van der Waals surface area contributed by atoms with Crippen LogP contribution in [0.1, 0.15) is 30.4 Å². The third kappa shape index (κ3) is 3.46. The normalized spacial score (nSPS) is 17.3. The van der Waals surface area contributed by atoms with Crippen LogP contribution in [0.2, 0.25) is 0 Å². The molecule has 2 aromatic heterocycles. The molecule has 3 heterocycles. The minimum atomic E-state index is -0.0986. The summed E-state index contributed by atoms with van der Waals surface area (Å²) in [4.78, 5) is 18.9. The second kappa shape index (κ2) is 7.03. The molecule has 1 unspecified atom stereocenters. The molecule has 2 N–H and O–H groups in total. The van der Waals surface area contributed by atoms with Gasteiger partial charge in [0.2, 0.25) is 0 Å². The highest BCUT2D eigenvalue weighted by molar-refractivity contribution is 5.90. The summed E-state index contributed by atoms with van der Waals surface area (Å²) in [5.74, 6) is 2.55. The Morgan fingerprint density at radius 2 is 2.27 bits per heavy atom. The van der Waals surface area contributed by atoms with Crippen LogP contribution in [0.3, 0.4) is 0 Å². The predicted octanol–water partition coefficient (Wildman–Crippen LogP) is 3.78. The number of anilines is 1. The van der Waals surface area contributed by atoms with Gasteiger partial charge in [0.1, 0.15) is 11.6 Å². The third-order valence-corrected chi connectivity index (χ3v) is 4.61. The van der Waals surface area contributed by atoms with Gasteiger partial charge >= 0.3 is 6.03 Å². The first-order valence-electron chi connectivity index (χ1n) is 8.78. The van der Waals surface area contributed by atoms with Crippen LogP contribution in [-0.4, -0.2) is 39.2 Å². The molecule has 0 spiro atoms. The van der Waals surface area contributed by atoms with Crippen molar-refractivity contribution in [3.8, 4) is 11.3 Å². The van der Waals surface area contributed by atoms with Gasteiger partial charge in [-0.3, -0.25) is 5.10 Å². The van der Waals surface area contributed by atoms with Crippen molar-refractivity contribution in [3.63, 3.8) is 0 Å². The highest BCUT2D eigenvalue weighted by Gasteiger charge is 2.27. The van der Waals surface area contributed by atoms with Crippen molar-refractivity contribution >= 4 is 11.7 Å². The van der Waals surface area contributed by atoms with E-state index in [0.29, 0.717) is 6.54 Å². The lowest BCUT2D eigenvalue weighted by molar-refractivity contribution is 0.191. The van der Waals surface area contributed by atoms with E-state index in [1.807, 2.05) is 48.2 Å². The number of aryl methyl sites for hydroxylation is 1. The average molecular weight is 351 g/mol. The number of carbonyl (C=O) groups excluding carboxylic acids is 1. The third-order valence-electron chi connectivity index (χ3n) is 4.61. The number of likely N-dealkylation sites (tertiary alicyclic amines) is 1. The Hall–Kier alpha value is -3.09. The second-order valence-electron chi connectivity index (χ2n) is 6.55. The highest BCUT2D eigenvalue weighted by Crippen LogP contribution is 2.26. The van der Waals surface area contributed by atoms with E-state index in [1.165, 1.54) is 0 Å². The molecule has 4 rings (SSSR count). The molecule has 0 aliphatic carbocycles. The van der Waals surface area contributed by atoms with Crippen LogP contribution in [0.5, 0.6) is 0 Å². The van der Waals surface area contributed by atoms with Crippen LogP contribution in [0.4, 0.5) is 10.5 Å². The molecule has 7 heteroatoms. The first kappa shape index (κ1) is 16.4. The van der Waals surface area contributed by atoms with Gasteiger partial charge in [-0.1, -0.05) is 12.1 Å². The molecule has 1 fully saturated rings. The summed E-state index contributed by atoms with van der Waals surface area (Å²) in [6.45, 7) is 3.25. The Balaban J connectivity index is 1.44. The highest BCUT2D eigenvalue weighted by atomic mass is 16.3. The molecule has 1 aliphatic heterocycles. The zero-order valence-corrected chi connectivity index (χ0v) is 14.6. The van der Waals surface area contributed by atoms with Crippen molar-refractivity contribution in [2.75, 3.05) is 18.4 Å². The summed E-state index contributed by atoms with van der Waals surface area (Å²) in [6.07, 6.45) is 3.58. The van der Waals surface area contributed by atoms with E-state index in [0.717, 1.165) is 48.0 Å². The molecule has 0 saturated carbocycles. The number of hydrogen-bond acceptors (Lipinski definition) is 4. The number of H-pyrrole nitrogens is 1. The van der Waals surface area contributed by atoms with Gasteiger partial charge in [0.15, 0.2) is 5.82 Å². The molecule has 1 aliphatic rings. The van der Waals surface area contributed by atoms with Gasteiger partial charge in [0, 0.05) is 30.3 Å². The number of aromatic nitrogens is 3. The summed E-state index contributed by atoms with van der Waals surface area (Å²) < 4.78 is 5.42. The molecule has 1 saturated heterocycles. The minimum Gasteiger partial charge on any atom is -0.464 e. The van der Waals surface area contributed by atoms with E-state index < -0.39 is 0 Å². The summed E-state index contributed by atoms with van der Waals surface area (Å²) in [5.41, 5.74) is 1.68. The quantitative estimate of drug-likeness (QED) is 0.752. The standard InChI is InChI=1S/C19H21N5O2/c1-13-20-18(23-22-13)15-6-3-9-24(12-15)19(25)21-16-7-2-5-14(11-16)17-8-4-10-26-17/h2,4-5,7-8,10-11,15H,3,6,9,12H2,1H3,(H,21,25)(H,20,22,23). The van der Waals surface area contributed by atoms with Gasteiger partial charge in [0.05, 0.1) is 6.26 Å². The molecule has 1 aromatic carbocycles. The Morgan fingerprint density at radius 1 is 1.35 bits per heavy atom. The van der Waals surface area contributed by atoms with Gasteiger partial charge in [-0.2, -0.15) is 5.10 Å². The number of nitrogens with zero attached hydrogens (tertiary/aromatic N) is 3. The fraction of sp³-hybridized carbons (Fsp3) is 0.316. The predicted molar refractivity (Wildman–Crippen MR) is 97.8 cm³/mol. The first-order valence-corrected chi connectivity index (χ1v) is 8.78. The number of aromatic amines is 1. The first-order chi connectivity index (χ1) is 12.7. The zero-order valence-electron chi connectivity index (χ0n) is 14.6. The largest absolute Gasteiger partial charge is 0.464 e. The Labute approximate surface area is 151 Å². The number of amides is 2. The summed E-state index contributed by atoms with van der Waals surface area (Å²) in [7, 11) is 0. The molecule has 0 radical (unpaired) electrons. The summed E-state index contributed by atoms with van der Waals surface area (Å²) in [5, 5.41) is 10.1. The molecule has 26 heavy (non-hydrogen) atoms. The van der Waals surface area contributed by atoms with Gasteiger partial charge in [-0.05, 0) is 44.0 Å². The van der Waals surface area contributed by atoms with Gasteiger partial charge in [-0.25, -0.2) is 9.78 Å². The molecule has 134 valence electrons. The summed E-state index contributed by atoms with van der Waals surface area (Å²) in [6, 6.07) is 11.3. The topological polar surface area (TPSA) is 87.1 Å². The summed E-state index contributed by atoms with van der Waals surface area (Å²) >= 11 is 0. The lowest BCUT2D eigenvalue weighted by atomic mass is 9.97. The van der Waals surface area contributed by atoms with Gasteiger partial charge in [0.25, 0.3) is 0 Å². The van der Waals surface area contributed by atoms with Crippen molar-refractivity contribution < 1.29 is 9.21 Å². The van der Waals surface area contributed by atoms with Crippen molar-refractivity contribution in [3.05, 3.63) is 54.3 Å². The number of piperidine rings is 1. The second-order valence-corrected chi connectivity index (χ2v) is 6.55. The number of nitrogens with one attached hydrogen (secondary N) is 2. The van der Waals surface area contributed by atoms with Crippen LogP contribution in [0.15, 0.2) is 47.1 Å². The Kier molecular flexibility index (Phi) is 4.43. The number of rotatable bonds is 3. The molecule has 7 nitrogen and oxygen atoms in total. The van der Waals surface area contributed by atoms with Gasteiger partial charge in [-0.15, -0.1) is 0 Å². The van der Waals surface area contributed by atoms with Crippen LogP contribution in [0, 0.1) is 6.92 Å². The maximum atomic E-state index is 12.7. The zero-order chi connectivity index (χ0) is 17.9. The fourth-order valence-electron chi connectivity index (χ4n) is 3.31. The van der Waals surface area contributed by atoms with Crippen molar-refractivity contribution in [1.82, 2.24) is 20.1 Å².